The quantitative estimate of drug-likeness (QED) is 0.849. The summed E-state index contributed by atoms with van der Waals surface area (Å²) in [6, 6.07) is 9.08. The molecule has 118 valence electrons. The molecule has 1 N–H and O–H groups in total. The molecule has 0 aliphatic carbocycles. The topological polar surface area (TPSA) is 65.4 Å². The van der Waals surface area contributed by atoms with Crippen LogP contribution in [0.1, 0.15) is 29.0 Å². The van der Waals surface area contributed by atoms with E-state index in [0.29, 0.717) is 18.9 Å². The summed E-state index contributed by atoms with van der Waals surface area (Å²) in [6.45, 7) is 2.95. The molecular weight excluding hydrogens is 282 g/mol. The molecule has 6 heteroatoms. The van der Waals surface area contributed by atoms with Crippen LogP contribution in [0.4, 0.5) is 0 Å². The van der Waals surface area contributed by atoms with Gasteiger partial charge in [0.2, 0.25) is 0 Å². The SMILES string of the molecule is CCOc1ccc(C(COC)NC(=O)c2ccnn2C)cc1. The molecule has 1 heterocycles. The molecule has 6 nitrogen and oxygen atoms in total. The molecular formula is C16H21N3O3. The van der Waals surface area contributed by atoms with Crippen molar-refractivity contribution in [1.82, 2.24) is 15.1 Å². The van der Waals surface area contributed by atoms with E-state index in [9.17, 15) is 4.79 Å². The number of carbonyl (C=O) groups is 1. The third-order valence-corrected chi connectivity index (χ3v) is 3.29. The fraction of sp³-hybridized carbons (Fsp3) is 0.375. The molecule has 0 radical (unpaired) electrons. The minimum absolute atomic E-state index is 0.184. The highest BCUT2D eigenvalue weighted by atomic mass is 16.5. The second kappa shape index (κ2) is 7.61. The molecule has 1 unspecified atom stereocenters. The van der Waals surface area contributed by atoms with Gasteiger partial charge in [-0.3, -0.25) is 9.48 Å². The first-order valence-corrected chi connectivity index (χ1v) is 7.16. The van der Waals surface area contributed by atoms with Crippen LogP contribution >= 0.6 is 0 Å². The number of aromatic nitrogens is 2. The Hall–Kier alpha value is -2.34. The number of benzene rings is 1. The Bertz CT molecular complexity index is 607. The first-order chi connectivity index (χ1) is 10.7. The second-order valence-corrected chi connectivity index (χ2v) is 4.82. The Morgan fingerprint density at radius 1 is 1.32 bits per heavy atom. The molecule has 1 aromatic heterocycles. The lowest BCUT2D eigenvalue weighted by atomic mass is 10.1. The number of hydrogen-bond acceptors (Lipinski definition) is 4. The Balaban J connectivity index is 2.12. The molecule has 1 atom stereocenters. The summed E-state index contributed by atoms with van der Waals surface area (Å²) in [5.41, 5.74) is 1.47. The molecule has 0 bridgehead atoms. The van der Waals surface area contributed by atoms with Crippen LogP contribution in [-0.2, 0) is 11.8 Å². The summed E-state index contributed by atoms with van der Waals surface area (Å²) in [5.74, 6) is 0.622. The van der Waals surface area contributed by atoms with E-state index in [1.54, 1.807) is 26.4 Å². The van der Waals surface area contributed by atoms with Gasteiger partial charge in [0.15, 0.2) is 0 Å². The summed E-state index contributed by atoms with van der Waals surface area (Å²) in [7, 11) is 3.34. The lowest BCUT2D eigenvalue weighted by Gasteiger charge is -2.19. The van der Waals surface area contributed by atoms with Crippen molar-refractivity contribution in [2.24, 2.45) is 7.05 Å². The lowest BCUT2D eigenvalue weighted by molar-refractivity contribution is 0.0887. The molecule has 0 aliphatic heterocycles. The molecule has 0 aliphatic rings. The zero-order chi connectivity index (χ0) is 15.9. The molecule has 1 amide bonds. The monoisotopic (exact) mass is 303 g/mol. The number of hydrogen-bond donors (Lipinski definition) is 1. The highest BCUT2D eigenvalue weighted by Crippen LogP contribution is 2.19. The van der Waals surface area contributed by atoms with Crippen LogP contribution in [0.15, 0.2) is 36.5 Å². The number of ether oxygens (including phenoxy) is 2. The van der Waals surface area contributed by atoms with Gasteiger partial charge in [-0.15, -0.1) is 0 Å². The third-order valence-electron chi connectivity index (χ3n) is 3.29. The van der Waals surface area contributed by atoms with Crippen LogP contribution in [-0.4, -0.2) is 36.0 Å². The predicted octanol–water partition coefficient (Wildman–Crippen LogP) is 1.94. The van der Waals surface area contributed by atoms with Gasteiger partial charge in [0.25, 0.3) is 5.91 Å². The van der Waals surface area contributed by atoms with Gasteiger partial charge in [-0.25, -0.2) is 0 Å². The van der Waals surface area contributed by atoms with Gasteiger partial charge in [0.05, 0.1) is 19.3 Å². The smallest absolute Gasteiger partial charge is 0.270 e. The predicted molar refractivity (Wildman–Crippen MR) is 82.9 cm³/mol. The van der Waals surface area contributed by atoms with Gasteiger partial charge < -0.3 is 14.8 Å². The largest absolute Gasteiger partial charge is 0.494 e. The van der Waals surface area contributed by atoms with Gasteiger partial charge in [-0.2, -0.15) is 5.10 Å². The summed E-state index contributed by atoms with van der Waals surface area (Å²) < 4.78 is 12.2. The average Bonchev–Trinajstić information content (AvgIpc) is 2.94. The Morgan fingerprint density at radius 2 is 2.05 bits per heavy atom. The summed E-state index contributed by atoms with van der Waals surface area (Å²) in [5, 5.41) is 6.97. The normalized spacial score (nSPS) is 12.0. The van der Waals surface area contributed by atoms with Crippen LogP contribution in [0.25, 0.3) is 0 Å². The van der Waals surface area contributed by atoms with Crippen molar-refractivity contribution in [2.75, 3.05) is 20.3 Å². The minimum atomic E-state index is -0.233. The van der Waals surface area contributed by atoms with Crippen molar-refractivity contribution < 1.29 is 14.3 Å². The van der Waals surface area contributed by atoms with Crippen LogP contribution in [0.5, 0.6) is 5.75 Å². The third kappa shape index (κ3) is 3.85. The number of rotatable bonds is 7. The molecule has 2 aromatic rings. The van der Waals surface area contributed by atoms with Crippen molar-refractivity contribution in [3.8, 4) is 5.75 Å². The minimum Gasteiger partial charge on any atom is -0.494 e. The number of amides is 1. The van der Waals surface area contributed by atoms with E-state index in [1.807, 2.05) is 31.2 Å². The van der Waals surface area contributed by atoms with E-state index in [-0.39, 0.29) is 11.9 Å². The Kier molecular flexibility index (Phi) is 5.55. The maximum Gasteiger partial charge on any atom is 0.270 e. The van der Waals surface area contributed by atoms with E-state index in [4.69, 9.17) is 9.47 Å². The molecule has 22 heavy (non-hydrogen) atoms. The van der Waals surface area contributed by atoms with Crippen molar-refractivity contribution in [3.63, 3.8) is 0 Å². The van der Waals surface area contributed by atoms with Crippen molar-refractivity contribution in [2.45, 2.75) is 13.0 Å². The summed E-state index contributed by atoms with van der Waals surface area (Å²) in [4.78, 5) is 12.3. The zero-order valence-electron chi connectivity index (χ0n) is 13.1. The fourth-order valence-electron chi connectivity index (χ4n) is 2.18. The molecule has 2 rings (SSSR count). The maximum absolute atomic E-state index is 12.3. The highest BCUT2D eigenvalue weighted by molar-refractivity contribution is 5.92. The first-order valence-electron chi connectivity index (χ1n) is 7.16. The Morgan fingerprint density at radius 3 is 2.59 bits per heavy atom. The van der Waals surface area contributed by atoms with Gasteiger partial charge in [-0.1, -0.05) is 12.1 Å². The molecule has 0 saturated carbocycles. The van der Waals surface area contributed by atoms with Gasteiger partial charge in [0, 0.05) is 20.4 Å². The molecule has 1 aromatic carbocycles. The lowest BCUT2D eigenvalue weighted by Crippen LogP contribution is -2.32. The van der Waals surface area contributed by atoms with Gasteiger partial charge in [-0.05, 0) is 30.7 Å². The Labute approximate surface area is 130 Å². The van der Waals surface area contributed by atoms with Crippen molar-refractivity contribution in [1.29, 1.82) is 0 Å². The summed E-state index contributed by atoms with van der Waals surface area (Å²) >= 11 is 0. The number of methoxy groups -OCH3 is 1. The first kappa shape index (κ1) is 16.0. The summed E-state index contributed by atoms with van der Waals surface area (Å²) in [6.07, 6.45) is 1.59. The molecule has 0 spiro atoms. The fourth-order valence-corrected chi connectivity index (χ4v) is 2.18. The van der Waals surface area contributed by atoms with E-state index >= 15 is 0 Å². The number of nitrogens with zero attached hydrogens (tertiary/aromatic N) is 2. The van der Waals surface area contributed by atoms with Crippen molar-refractivity contribution in [3.05, 3.63) is 47.8 Å². The van der Waals surface area contributed by atoms with E-state index in [2.05, 4.69) is 10.4 Å². The van der Waals surface area contributed by atoms with Crippen LogP contribution < -0.4 is 10.1 Å². The van der Waals surface area contributed by atoms with E-state index in [1.165, 1.54) is 4.68 Å². The number of nitrogens with one attached hydrogen (secondary N) is 1. The number of aryl methyl sites for hydroxylation is 1. The number of carbonyl (C=O) groups excluding carboxylic acids is 1. The highest BCUT2D eigenvalue weighted by Gasteiger charge is 2.17. The maximum atomic E-state index is 12.3. The molecule has 0 saturated heterocycles. The van der Waals surface area contributed by atoms with E-state index < -0.39 is 0 Å². The van der Waals surface area contributed by atoms with Crippen molar-refractivity contribution >= 4 is 5.91 Å². The van der Waals surface area contributed by atoms with Crippen LogP contribution in [0.3, 0.4) is 0 Å². The zero-order valence-corrected chi connectivity index (χ0v) is 13.1. The van der Waals surface area contributed by atoms with Gasteiger partial charge >= 0.3 is 0 Å². The van der Waals surface area contributed by atoms with Crippen LogP contribution in [0, 0.1) is 0 Å². The second-order valence-electron chi connectivity index (χ2n) is 4.82. The van der Waals surface area contributed by atoms with E-state index in [0.717, 1.165) is 11.3 Å². The standard InChI is InChI=1S/C16H21N3O3/c1-4-22-13-7-5-12(6-8-13)14(11-21-3)18-16(20)15-9-10-17-19(15)2/h5-10,14H,4,11H2,1-3H3,(H,18,20). The van der Waals surface area contributed by atoms with Gasteiger partial charge in [0.1, 0.15) is 11.4 Å². The average molecular weight is 303 g/mol. The van der Waals surface area contributed by atoms with Crippen LogP contribution in [0.2, 0.25) is 0 Å². The molecule has 0 fully saturated rings.